The zero-order chi connectivity index (χ0) is 9.22. The summed E-state index contributed by atoms with van der Waals surface area (Å²) in [6, 6.07) is 0. The Balaban J connectivity index is 2.00. The molecule has 3 rings (SSSR count). The molecule has 0 aromatic carbocycles. The molecule has 0 aromatic heterocycles. The summed E-state index contributed by atoms with van der Waals surface area (Å²) >= 11 is 0. The van der Waals surface area contributed by atoms with Crippen LogP contribution in [-0.4, -0.2) is 22.4 Å². The van der Waals surface area contributed by atoms with Crippen LogP contribution in [0, 0.1) is 23.2 Å². The van der Waals surface area contributed by atoms with Crippen molar-refractivity contribution in [1.82, 2.24) is 0 Å². The fourth-order valence-electron chi connectivity index (χ4n) is 4.47. The van der Waals surface area contributed by atoms with E-state index in [1.54, 1.807) is 0 Å². The summed E-state index contributed by atoms with van der Waals surface area (Å²) in [5.74, 6) is 1.84. The average Bonchev–Trinajstić information content (AvgIpc) is 2.70. The summed E-state index contributed by atoms with van der Waals surface area (Å²) < 4.78 is 0. The van der Waals surface area contributed by atoms with Gasteiger partial charge in [0.25, 0.3) is 0 Å². The second kappa shape index (κ2) is 2.29. The van der Waals surface area contributed by atoms with E-state index < -0.39 is 12.2 Å². The van der Waals surface area contributed by atoms with Gasteiger partial charge >= 0.3 is 0 Å². The Morgan fingerprint density at radius 1 is 1.15 bits per heavy atom. The van der Waals surface area contributed by atoms with E-state index in [4.69, 9.17) is 0 Å². The summed E-state index contributed by atoms with van der Waals surface area (Å²) in [7, 11) is 0. The highest BCUT2D eigenvalue weighted by molar-refractivity contribution is 5.13. The lowest BCUT2D eigenvalue weighted by atomic mass is 9.70. The lowest BCUT2D eigenvalue weighted by molar-refractivity contribution is -0.0840. The highest BCUT2D eigenvalue weighted by Gasteiger charge is 2.64. The first-order valence-electron chi connectivity index (χ1n) is 5.51. The quantitative estimate of drug-likeness (QED) is 0.590. The van der Waals surface area contributed by atoms with Crippen LogP contribution in [0.3, 0.4) is 0 Å². The molecular formula is C11H18O2. The minimum atomic E-state index is -0.447. The summed E-state index contributed by atoms with van der Waals surface area (Å²) in [5, 5.41) is 19.8. The standard InChI is InChI=1S/C11H18O2/c1-11-5-7(9(12)10(11)13)6-3-2-4-8(6)11/h6-10,12-13H,2-5H2,1H3. The predicted molar refractivity (Wildman–Crippen MR) is 49.1 cm³/mol. The van der Waals surface area contributed by atoms with Gasteiger partial charge in [-0.15, -0.1) is 0 Å². The van der Waals surface area contributed by atoms with Gasteiger partial charge in [-0.3, -0.25) is 0 Å². The molecule has 0 heterocycles. The molecule has 2 nitrogen and oxygen atoms in total. The third-order valence-corrected chi connectivity index (χ3v) is 5.08. The van der Waals surface area contributed by atoms with Crippen LogP contribution in [0.4, 0.5) is 0 Å². The van der Waals surface area contributed by atoms with Crippen molar-refractivity contribution in [3.8, 4) is 0 Å². The molecule has 0 saturated heterocycles. The van der Waals surface area contributed by atoms with Crippen molar-refractivity contribution in [1.29, 1.82) is 0 Å². The van der Waals surface area contributed by atoms with Crippen LogP contribution in [0.15, 0.2) is 0 Å². The molecule has 2 N–H and O–H groups in total. The van der Waals surface area contributed by atoms with E-state index in [0.717, 1.165) is 12.3 Å². The third-order valence-electron chi connectivity index (χ3n) is 5.08. The maximum atomic E-state index is 9.94. The van der Waals surface area contributed by atoms with E-state index in [2.05, 4.69) is 6.92 Å². The van der Waals surface area contributed by atoms with Crippen molar-refractivity contribution in [3.05, 3.63) is 0 Å². The Morgan fingerprint density at radius 2 is 1.92 bits per heavy atom. The highest BCUT2D eigenvalue weighted by Crippen LogP contribution is 2.65. The fourth-order valence-corrected chi connectivity index (χ4v) is 4.47. The molecule has 2 bridgehead atoms. The van der Waals surface area contributed by atoms with Crippen LogP contribution >= 0.6 is 0 Å². The zero-order valence-corrected chi connectivity index (χ0v) is 8.11. The topological polar surface area (TPSA) is 40.5 Å². The number of rotatable bonds is 0. The Hall–Kier alpha value is -0.0800. The molecule has 74 valence electrons. The Kier molecular flexibility index (Phi) is 1.45. The van der Waals surface area contributed by atoms with Crippen LogP contribution in [0.25, 0.3) is 0 Å². The van der Waals surface area contributed by atoms with Crippen molar-refractivity contribution < 1.29 is 10.2 Å². The molecule has 0 spiro atoms. The number of hydrogen-bond donors (Lipinski definition) is 2. The van der Waals surface area contributed by atoms with Gasteiger partial charge in [-0.1, -0.05) is 13.3 Å². The molecule has 3 aliphatic carbocycles. The molecule has 0 amide bonds. The first kappa shape index (κ1) is 8.25. The maximum absolute atomic E-state index is 9.94. The molecule has 13 heavy (non-hydrogen) atoms. The molecule has 0 aliphatic heterocycles. The van der Waals surface area contributed by atoms with Crippen molar-refractivity contribution in [2.45, 2.75) is 44.8 Å². The number of hydrogen-bond acceptors (Lipinski definition) is 2. The van der Waals surface area contributed by atoms with Gasteiger partial charge in [0, 0.05) is 0 Å². The number of aliphatic hydroxyl groups is 2. The van der Waals surface area contributed by atoms with Crippen molar-refractivity contribution >= 4 is 0 Å². The van der Waals surface area contributed by atoms with Crippen LogP contribution in [0.1, 0.15) is 32.6 Å². The predicted octanol–water partition coefficient (Wildman–Crippen LogP) is 1.16. The molecule has 3 fully saturated rings. The Labute approximate surface area is 79.0 Å². The second-order valence-corrected chi connectivity index (χ2v) is 5.51. The summed E-state index contributed by atoms with van der Waals surface area (Å²) in [6.07, 6.45) is 4.06. The largest absolute Gasteiger partial charge is 0.390 e. The molecular weight excluding hydrogens is 164 g/mol. The van der Waals surface area contributed by atoms with Gasteiger partial charge in [-0.2, -0.15) is 0 Å². The molecule has 2 heteroatoms. The number of aliphatic hydroxyl groups excluding tert-OH is 2. The molecule has 0 aromatic rings. The molecule has 6 atom stereocenters. The Morgan fingerprint density at radius 3 is 2.69 bits per heavy atom. The second-order valence-electron chi connectivity index (χ2n) is 5.51. The van der Waals surface area contributed by atoms with Crippen LogP contribution in [-0.2, 0) is 0 Å². The van der Waals surface area contributed by atoms with Crippen LogP contribution in [0.5, 0.6) is 0 Å². The summed E-state index contributed by atoms with van der Waals surface area (Å²) in [6.45, 7) is 2.18. The number of fused-ring (bicyclic) bond motifs is 5. The SMILES string of the molecule is CC12CC(C(O)C1O)C1CCCC12. The van der Waals surface area contributed by atoms with Gasteiger partial charge in [0.15, 0.2) is 0 Å². The van der Waals surface area contributed by atoms with Gasteiger partial charge in [-0.05, 0) is 42.4 Å². The Bertz CT molecular complexity index is 240. The van der Waals surface area contributed by atoms with Gasteiger partial charge in [-0.25, -0.2) is 0 Å². The van der Waals surface area contributed by atoms with E-state index in [9.17, 15) is 10.2 Å². The lowest BCUT2D eigenvalue weighted by Gasteiger charge is -2.39. The first-order chi connectivity index (χ1) is 6.14. The van der Waals surface area contributed by atoms with Gasteiger partial charge in [0.1, 0.15) is 0 Å². The molecule has 3 aliphatic rings. The van der Waals surface area contributed by atoms with Crippen LogP contribution < -0.4 is 0 Å². The fraction of sp³-hybridized carbons (Fsp3) is 1.00. The van der Waals surface area contributed by atoms with E-state index in [1.165, 1.54) is 19.3 Å². The van der Waals surface area contributed by atoms with E-state index in [0.29, 0.717) is 11.8 Å². The van der Waals surface area contributed by atoms with Crippen molar-refractivity contribution in [2.75, 3.05) is 0 Å². The van der Waals surface area contributed by atoms with Gasteiger partial charge < -0.3 is 10.2 Å². The molecule has 0 radical (unpaired) electrons. The third kappa shape index (κ3) is 0.774. The zero-order valence-electron chi connectivity index (χ0n) is 8.11. The van der Waals surface area contributed by atoms with Crippen molar-refractivity contribution in [2.24, 2.45) is 23.2 Å². The van der Waals surface area contributed by atoms with E-state index >= 15 is 0 Å². The first-order valence-corrected chi connectivity index (χ1v) is 5.51. The summed E-state index contributed by atoms with van der Waals surface area (Å²) in [5.41, 5.74) is 0.0469. The van der Waals surface area contributed by atoms with Gasteiger partial charge in [0.05, 0.1) is 12.2 Å². The summed E-state index contributed by atoms with van der Waals surface area (Å²) in [4.78, 5) is 0. The van der Waals surface area contributed by atoms with E-state index in [-0.39, 0.29) is 5.41 Å². The molecule has 3 saturated carbocycles. The minimum absolute atomic E-state index is 0.0469. The van der Waals surface area contributed by atoms with E-state index in [1.807, 2.05) is 0 Å². The average molecular weight is 182 g/mol. The highest BCUT2D eigenvalue weighted by atomic mass is 16.3. The lowest BCUT2D eigenvalue weighted by Crippen LogP contribution is -2.45. The monoisotopic (exact) mass is 182 g/mol. The maximum Gasteiger partial charge on any atom is 0.0858 e. The van der Waals surface area contributed by atoms with Crippen LogP contribution in [0.2, 0.25) is 0 Å². The van der Waals surface area contributed by atoms with Gasteiger partial charge in [0.2, 0.25) is 0 Å². The molecule has 6 unspecified atom stereocenters. The van der Waals surface area contributed by atoms with Crippen molar-refractivity contribution in [3.63, 3.8) is 0 Å². The minimum Gasteiger partial charge on any atom is -0.390 e. The smallest absolute Gasteiger partial charge is 0.0858 e. The normalized spacial score (nSPS) is 64.4.